The zero-order valence-electron chi connectivity index (χ0n) is 33.8. The molecule has 0 saturated carbocycles. The zero-order chi connectivity index (χ0) is 43.2. The molecule has 0 N–H and O–H groups in total. The number of hydrogen-bond acceptors (Lipinski definition) is 15. The predicted octanol–water partition coefficient (Wildman–Crippen LogP) is 7.75. The van der Waals surface area contributed by atoms with Gasteiger partial charge in [-0.3, -0.25) is 0 Å². The van der Waals surface area contributed by atoms with Crippen molar-refractivity contribution < 1.29 is 57.0 Å². The fourth-order valence-corrected chi connectivity index (χ4v) is 7.17. The molecule has 0 amide bonds. The minimum absolute atomic E-state index is 0.0448. The standard InChI is InChI=1S/C48H33N3O12/c1-25(10-28-4-7-37-40(16-28)58-22-55-37)13-34-46(52)61-43(49-34)31-19-32(44-50-35(47(53)62-44)14-26(2)11-29-5-8-38-41(17-29)59-23-56-38)21-33(20-31)45-51-36(48(54)63-45)15-27(3)12-30-6-9-39-42(18-30)60-24-57-39/h4-21H,22-24H2,1-3H3/b25-10+,26-11+,27-12+,34-13-,35-14+,36-15+. The van der Waals surface area contributed by atoms with Gasteiger partial charge in [0.1, 0.15) is 0 Å². The molecule has 63 heavy (non-hydrogen) atoms. The van der Waals surface area contributed by atoms with Crippen LogP contribution in [0.15, 0.2) is 140 Å². The van der Waals surface area contributed by atoms with E-state index < -0.39 is 17.9 Å². The second-order valence-corrected chi connectivity index (χ2v) is 14.8. The van der Waals surface area contributed by atoms with Gasteiger partial charge >= 0.3 is 17.9 Å². The van der Waals surface area contributed by atoms with Crippen molar-refractivity contribution in [3.63, 3.8) is 0 Å². The second kappa shape index (κ2) is 15.9. The Hall–Kier alpha value is -8.46. The maximum Gasteiger partial charge on any atom is 0.363 e. The molecule has 6 aliphatic heterocycles. The fourth-order valence-electron chi connectivity index (χ4n) is 7.17. The molecule has 10 rings (SSSR count). The summed E-state index contributed by atoms with van der Waals surface area (Å²) in [5.41, 5.74) is 5.65. The maximum atomic E-state index is 13.2. The van der Waals surface area contributed by atoms with Crippen LogP contribution in [0.25, 0.3) is 18.2 Å². The van der Waals surface area contributed by atoms with Crippen molar-refractivity contribution >= 4 is 53.8 Å². The van der Waals surface area contributed by atoms with Crippen LogP contribution in [0.4, 0.5) is 0 Å². The molecule has 4 aromatic rings. The normalized spacial score (nSPS) is 19.5. The van der Waals surface area contributed by atoms with E-state index >= 15 is 0 Å². The lowest BCUT2D eigenvalue weighted by atomic mass is 10.0. The topological polar surface area (TPSA) is 171 Å². The van der Waals surface area contributed by atoms with E-state index in [1.54, 1.807) is 36.4 Å². The van der Waals surface area contributed by atoms with Gasteiger partial charge in [0.2, 0.25) is 38.1 Å². The van der Waals surface area contributed by atoms with Gasteiger partial charge in [-0.25, -0.2) is 29.4 Å². The Morgan fingerprint density at radius 3 is 1.00 bits per heavy atom. The Balaban J connectivity index is 0.985. The Labute approximate surface area is 358 Å². The largest absolute Gasteiger partial charge is 0.454 e. The molecule has 6 heterocycles. The van der Waals surface area contributed by atoms with Gasteiger partial charge in [-0.2, -0.15) is 0 Å². The first-order valence-corrected chi connectivity index (χ1v) is 19.5. The minimum atomic E-state index is -0.686. The first kappa shape index (κ1) is 38.7. The average molecular weight is 844 g/mol. The fraction of sp³-hybridized carbons (Fsp3) is 0.125. The molecule has 0 fully saturated rings. The average Bonchev–Trinajstić information content (AvgIpc) is 4.13. The number of nitrogens with zero attached hydrogens (tertiary/aromatic N) is 3. The Morgan fingerprint density at radius 1 is 0.413 bits per heavy atom. The second-order valence-electron chi connectivity index (χ2n) is 14.8. The maximum absolute atomic E-state index is 13.2. The van der Waals surface area contributed by atoms with E-state index in [9.17, 15) is 14.4 Å². The highest BCUT2D eigenvalue weighted by atomic mass is 16.7. The number of esters is 3. The van der Waals surface area contributed by atoms with Crippen molar-refractivity contribution in [2.45, 2.75) is 20.8 Å². The molecule has 0 bridgehead atoms. The van der Waals surface area contributed by atoms with Gasteiger partial charge in [-0.1, -0.05) is 36.4 Å². The van der Waals surface area contributed by atoms with Crippen LogP contribution in [0.3, 0.4) is 0 Å². The van der Waals surface area contributed by atoms with Crippen LogP contribution in [0.1, 0.15) is 54.2 Å². The number of aliphatic imine (C=N–C) groups is 3. The van der Waals surface area contributed by atoms with Crippen LogP contribution >= 0.6 is 0 Å². The number of hydrogen-bond donors (Lipinski definition) is 0. The van der Waals surface area contributed by atoms with Crippen molar-refractivity contribution in [1.82, 2.24) is 0 Å². The van der Waals surface area contributed by atoms with Crippen LogP contribution < -0.4 is 28.4 Å². The van der Waals surface area contributed by atoms with E-state index in [1.165, 1.54) is 0 Å². The Morgan fingerprint density at radius 2 is 0.698 bits per heavy atom. The third-order valence-corrected chi connectivity index (χ3v) is 10.0. The highest BCUT2D eigenvalue weighted by molar-refractivity contribution is 6.17. The highest BCUT2D eigenvalue weighted by Gasteiger charge is 2.31. The summed E-state index contributed by atoms with van der Waals surface area (Å²) >= 11 is 0. The molecule has 0 aliphatic carbocycles. The van der Waals surface area contributed by atoms with Gasteiger partial charge < -0.3 is 42.6 Å². The number of rotatable bonds is 9. The van der Waals surface area contributed by atoms with Crippen LogP contribution in [-0.4, -0.2) is 56.0 Å². The molecule has 4 aromatic carbocycles. The van der Waals surface area contributed by atoms with Gasteiger partial charge in [0, 0.05) is 16.7 Å². The van der Waals surface area contributed by atoms with Crippen molar-refractivity contribution in [2.75, 3.05) is 20.4 Å². The monoisotopic (exact) mass is 843 g/mol. The summed E-state index contributed by atoms with van der Waals surface area (Å²) in [5, 5.41) is 0. The summed E-state index contributed by atoms with van der Waals surface area (Å²) in [6.07, 6.45) is 10.4. The molecule has 15 nitrogen and oxygen atoms in total. The van der Waals surface area contributed by atoms with Crippen LogP contribution in [-0.2, 0) is 28.6 Å². The molecular formula is C48H33N3O12. The van der Waals surface area contributed by atoms with Gasteiger partial charge in [-0.05, 0) is 127 Å². The first-order chi connectivity index (χ1) is 30.6. The number of carbonyl (C=O) groups excluding carboxylic acids is 3. The van der Waals surface area contributed by atoms with E-state index in [2.05, 4.69) is 15.0 Å². The van der Waals surface area contributed by atoms with Crippen LogP contribution in [0.5, 0.6) is 34.5 Å². The predicted molar refractivity (Wildman–Crippen MR) is 227 cm³/mol. The molecule has 0 saturated heterocycles. The van der Waals surface area contributed by atoms with Gasteiger partial charge in [0.05, 0.1) is 0 Å². The molecule has 0 spiro atoms. The molecular weight excluding hydrogens is 811 g/mol. The van der Waals surface area contributed by atoms with Gasteiger partial charge in [-0.15, -0.1) is 0 Å². The first-order valence-electron chi connectivity index (χ1n) is 19.5. The molecule has 15 heteroatoms. The molecule has 0 aromatic heterocycles. The van der Waals surface area contributed by atoms with Gasteiger partial charge in [0.25, 0.3) is 0 Å². The van der Waals surface area contributed by atoms with E-state index in [4.69, 9.17) is 42.6 Å². The molecule has 312 valence electrons. The lowest BCUT2D eigenvalue weighted by Gasteiger charge is -2.08. The van der Waals surface area contributed by atoms with Crippen molar-refractivity contribution in [3.05, 3.63) is 158 Å². The van der Waals surface area contributed by atoms with Crippen LogP contribution in [0.2, 0.25) is 0 Å². The third-order valence-electron chi connectivity index (χ3n) is 10.0. The zero-order valence-corrected chi connectivity index (χ0v) is 33.8. The summed E-state index contributed by atoms with van der Waals surface area (Å²) < 4.78 is 49.7. The number of benzene rings is 4. The van der Waals surface area contributed by atoms with Crippen LogP contribution in [0, 0.1) is 0 Å². The molecule has 0 radical (unpaired) electrons. The Bertz CT molecular complexity index is 2670. The SMILES string of the molecule is CC(/C=C1\N=C(c2cc(C3=N/C(=C/C(C)=C/c4ccc5c(c4)OCO5)C(=O)O3)cc(C3=N/C(=C/C(C)=C/c4ccc5c(c4)OCO5)C(=O)O3)c2)OC1=O)=C\c1ccc2c(c1)OCO2. The molecule has 0 unspecified atom stereocenters. The quantitative estimate of drug-likeness (QED) is 0.0913. The summed E-state index contributed by atoms with van der Waals surface area (Å²) in [5.74, 6) is 1.66. The number of allylic oxidation sites excluding steroid dienone is 6. The molecule has 0 atom stereocenters. The summed E-state index contributed by atoms with van der Waals surface area (Å²) in [6.45, 7) is 5.93. The Kier molecular flexibility index (Phi) is 9.75. The van der Waals surface area contributed by atoms with E-state index in [1.807, 2.05) is 93.6 Å². The lowest BCUT2D eigenvalue weighted by molar-refractivity contribution is -0.130. The highest BCUT2D eigenvalue weighted by Crippen LogP contribution is 2.36. The van der Waals surface area contributed by atoms with Gasteiger partial charge in [0.15, 0.2) is 51.6 Å². The number of cyclic esters (lactones) is 3. The summed E-state index contributed by atoms with van der Waals surface area (Å²) in [4.78, 5) is 53.3. The number of ether oxygens (including phenoxy) is 9. The smallest absolute Gasteiger partial charge is 0.363 e. The van der Waals surface area contributed by atoms with E-state index in [0.29, 0.717) is 67.9 Å². The van der Waals surface area contributed by atoms with Crippen molar-refractivity contribution in [2.24, 2.45) is 15.0 Å². The lowest BCUT2D eigenvalue weighted by Crippen LogP contribution is -2.13. The van der Waals surface area contributed by atoms with E-state index in [-0.39, 0.29) is 55.2 Å². The number of carbonyl (C=O) groups is 3. The van der Waals surface area contributed by atoms with E-state index in [0.717, 1.165) is 16.7 Å². The minimum Gasteiger partial charge on any atom is -0.454 e. The molecule has 6 aliphatic rings. The summed E-state index contributed by atoms with van der Waals surface area (Å²) in [7, 11) is 0. The van der Waals surface area contributed by atoms with Crippen molar-refractivity contribution in [3.8, 4) is 34.5 Å². The van der Waals surface area contributed by atoms with Crippen molar-refractivity contribution in [1.29, 1.82) is 0 Å². The third kappa shape index (κ3) is 8.10. The summed E-state index contributed by atoms with van der Waals surface area (Å²) in [6, 6.07) is 21.4. The number of fused-ring (bicyclic) bond motifs is 3.